The van der Waals surface area contributed by atoms with E-state index in [4.69, 9.17) is 4.74 Å². The van der Waals surface area contributed by atoms with Gasteiger partial charge in [-0.2, -0.15) is 0 Å². The number of hydrazine groups is 1. The van der Waals surface area contributed by atoms with E-state index in [2.05, 4.69) is 15.8 Å². The monoisotopic (exact) mass is 370 g/mol. The van der Waals surface area contributed by atoms with Gasteiger partial charge in [-0.1, -0.05) is 6.07 Å². The summed E-state index contributed by atoms with van der Waals surface area (Å²) in [7, 11) is 0. The molecule has 3 aromatic rings. The number of nitrogens with zero attached hydrogens (tertiary/aromatic N) is 2. The fourth-order valence-electron chi connectivity index (χ4n) is 2.73. The maximum absolute atomic E-state index is 13.0. The van der Waals surface area contributed by atoms with Crippen LogP contribution in [0.3, 0.4) is 0 Å². The lowest BCUT2D eigenvalue weighted by Gasteiger charge is -2.09. The number of carbonyl (C=O) groups is 2. The van der Waals surface area contributed by atoms with Crippen LogP contribution < -0.4 is 15.6 Å². The number of hydrogen-bond donors (Lipinski definition) is 2. The number of imidazole rings is 1. The van der Waals surface area contributed by atoms with Crippen molar-refractivity contribution in [2.45, 2.75) is 20.4 Å². The predicted octanol–water partition coefficient (Wildman–Crippen LogP) is 2.34. The van der Waals surface area contributed by atoms with E-state index in [1.807, 2.05) is 24.5 Å². The Morgan fingerprint density at radius 2 is 2.00 bits per heavy atom. The number of aromatic nitrogens is 2. The molecule has 0 bridgehead atoms. The first kappa shape index (κ1) is 18.4. The largest absolute Gasteiger partial charge is 0.484 e. The Hall–Kier alpha value is -3.42. The number of fused-ring (bicyclic) bond motifs is 1. The molecule has 0 aliphatic heterocycles. The second-order valence-corrected chi connectivity index (χ2v) is 5.86. The Balaban J connectivity index is 1.57. The van der Waals surface area contributed by atoms with Gasteiger partial charge in [-0.15, -0.1) is 0 Å². The molecule has 0 saturated heterocycles. The van der Waals surface area contributed by atoms with Crippen LogP contribution in [0.4, 0.5) is 4.39 Å². The molecule has 0 aliphatic carbocycles. The average molecular weight is 370 g/mol. The standard InChI is InChI=1S/C19H19FN4O3/c1-3-24-12(2)21-16-9-13(7-8-17(16)24)19(26)23-22-18(25)11-27-15-6-4-5-14(20)10-15/h4-10H,3,11H2,1-2H3,(H,22,25)(H,23,26). The molecule has 0 spiro atoms. The first-order valence-corrected chi connectivity index (χ1v) is 8.42. The van der Waals surface area contributed by atoms with Crippen molar-refractivity contribution in [3.8, 4) is 5.75 Å². The highest BCUT2D eigenvalue weighted by Gasteiger charge is 2.12. The third-order valence-corrected chi connectivity index (χ3v) is 4.00. The molecule has 0 atom stereocenters. The minimum absolute atomic E-state index is 0.226. The van der Waals surface area contributed by atoms with Crippen LogP contribution in [0.5, 0.6) is 5.75 Å². The SMILES string of the molecule is CCn1c(C)nc2cc(C(=O)NNC(=O)COc3cccc(F)c3)ccc21. The van der Waals surface area contributed by atoms with Crippen molar-refractivity contribution in [2.75, 3.05) is 6.61 Å². The van der Waals surface area contributed by atoms with Gasteiger partial charge in [-0.25, -0.2) is 9.37 Å². The topological polar surface area (TPSA) is 85.3 Å². The Kier molecular flexibility index (Phi) is 5.35. The van der Waals surface area contributed by atoms with E-state index < -0.39 is 17.6 Å². The lowest BCUT2D eigenvalue weighted by molar-refractivity contribution is -0.123. The van der Waals surface area contributed by atoms with Crippen LogP contribution >= 0.6 is 0 Å². The first-order chi connectivity index (χ1) is 13.0. The fraction of sp³-hybridized carbons (Fsp3) is 0.211. The first-order valence-electron chi connectivity index (χ1n) is 8.42. The van der Waals surface area contributed by atoms with Crippen molar-refractivity contribution in [1.29, 1.82) is 0 Å². The maximum Gasteiger partial charge on any atom is 0.276 e. The zero-order chi connectivity index (χ0) is 19.4. The second-order valence-electron chi connectivity index (χ2n) is 5.86. The number of ether oxygens (including phenoxy) is 1. The molecule has 140 valence electrons. The average Bonchev–Trinajstić information content (AvgIpc) is 2.98. The number of hydrogen-bond acceptors (Lipinski definition) is 4. The minimum atomic E-state index is -0.570. The molecule has 0 aliphatic rings. The highest BCUT2D eigenvalue weighted by Crippen LogP contribution is 2.17. The van der Waals surface area contributed by atoms with Gasteiger partial charge in [0.2, 0.25) is 0 Å². The molecule has 8 heteroatoms. The van der Waals surface area contributed by atoms with Crippen molar-refractivity contribution >= 4 is 22.8 Å². The summed E-state index contributed by atoms with van der Waals surface area (Å²) >= 11 is 0. The summed E-state index contributed by atoms with van der Waals surface area (Å²) in [6.45, 7) is 4.36. The predicted molar refractivity (Wildman–Crippen MR) is 97.6 cm³/mol. The summed E-state index contributed by atoms with van der Waals surface area (Å²) in [4.78, 5) is 28.4. The molecule has 2 amide bonds. The molecule has 7 nitrogen and oxygen atoms in total. The van der Waals surface area contributed by atoms with E-state index in [0.717, 1.165) is 17.9 Å². The zero-order valence-corrected chi connectivity index (χ0v) is 15.0. The molecule has 2 aromatic carbocycles. The van der Waals surface area contributed by atoms with E-state index in [-0.39, 0.29) is 12.4 Å². The third-order valence-electron chi connectivity index (χ3n) is 4.00. The molecular weight excluding hydrogens is 351 g/mol. The van der Waals surface area contributed by atoms with E-state index in [1.54, 1.807) is 12.1 Å². The molecule has 0 fully saturated rings. The van der Waals surface area contributed by atoms with Gasteiger partial charge in [0.05, 0.1) is 11.0 Å². The normalized spacial score (nSPS) is 10.6. The van der Waals surface area contributed by atoms with Gasteiger partial charge in [-0.3, -0.25) is 20.4 Å². The van der Waals surface area contributed by atoms with E-state index >= 15 is 0 Å². The van der Waals surface area contributed by atoms with E-state index in [0.29, 0.717) is 11.1 Å². The van der Waals surface area contributed by atoms with Crippen molar-refractivity contribution in [1.82, 2.24) is 20.4 Å². The number of benzene rings is 2. The smallest absolute Gasteiger partial charge is 0.276 e. The molecule has 0 radical (unpaired) electrons. The quantitative estimate of drug-likeness (QED) is 0.675. The molecule has 27 heavy (non-hydrogen) atoms. The summed E-state index contributed by atoms with van der Waals surface area (Å²) in [6.07, 6.45) is 0. The highest BCUT2D eigenvalue weighted by atomic mass is 19.1. The molecule has 0 unspecified atom stereocenters. The Labute approximate surface area is 155 Å². The molecule has 0 saturated carbocycles. The van der Waals surface area contributed by atoms with E-state index in [9.17, 15) is 14.0 Å². The van der Waals surface area contributed by atoms with Gasteiger partial charge in [0.15, 0.2) is 6.61 Å². The Morgan fingerprint density at radius 3 is 2.74 bits per heavy atom. The number of halogens is 1. The van der Waals surface area contributed by atoms with Crippen LogP contribution in [0.1, 0.15) is 23.1 Å². The third kappa shape index (κ3) is 4.22. The van der Waals surface area contributed by atoms with Gasteiger partial charge in [0.1, 0.15) is 17.4 Å². The van der Waals surface area contributed by atoms with Crippen LogP contribution in [-0.4, -0.2) is 28.0 Å². The number of nitrogens with one attached hydrogen (secondary N) is 2. The summed E-state index contributed by atoms with van der Waals surface area (Å²) in [5.74, 6) is -0.409. The van der Waals surface area contributed by atoms with E-state index in [1.165, 1.54) is 24.3 Å². The number of carbonyl (C=O) groups excluding carboxylic acids is 2. The fourth-order valence-corrected chi connectivity index (χ4v) is 2.73. The highest BCUT2D eigenvalue weighted by molar-refractivity contribution is 5.98. The number of rotatable bonds is 5. The summed E-state index contributed by atoms with van der Waals surface area (Å²) in [5.41, 5.74) is 6.60. The molecule has 2 N–H and O–H groups in total. The number of amides is 2. The molecular formula is C19H19FN4O3. The van der Waals surface area contributed by atoms with Crippen molar-refractivity contribution in [3.63, 3.8) is 0 Å². The van der Waals surface area contributed by atoms with Gasteiger partial charge < -0.3 is 9.30 Å². The molecule has 1 heterocycles. The minimum Gasteiger partial charge on any atom is -0.484 e. The van der Waals surface area contributed by atoms with Crippen molar-refractivity contribution < 1.29 is 18.7 Å². The Bertz CT molecular complexity index is 1000. The van der Waals surface area contributed by atoms with Crippen LogP contribution in [0.25, 0.3) is 11.0 Å². The molecule has 3 rings (SSSR count). The van der Waals surface area contributed by atoms with Gasteiger partial charge >= 0.3 is 0 Å². The summed E-state index contributed by atoms with van der Waals surface area (Å²) < 4.78 is 20.2. The van der Waals surface area contributed by atoms with Gasteiger partial charge in [0, 0.05) is 18.2 Å². The van der Waals surface area contributed by atoms with Gasteiger partial charge in [0.25, 0.3) is 11.8 Å². The number of aryl methyl sites for hydroxylation is 2. The lowest BCUT2D eigenvalue weighted by Crippen LogP contribution is -2.43. The van der Waals surface area contributed by atoms with Crippen molar-refractivity contribution in [2.24, 2.45) is 0 Å². The summed E-state index contributed by atoms with van der Waals surface area (Å²) in [5, 5.41) is 0. The second kappa shape index (κ2) is 7.86. The van der Waals surface area contributed by atoms with Crippen LogP contribution in [0.2, 0.25) is 0 Å². The maximum atomic E-state index is 13.0. The Morgan fingerprint density at radius 1 is 1.19 bits per heavy atom. The zero-order valence-electron chi connectivity index (χ0n) is 15.0. The van der Waals surface area contributed by atoms with Crippen LogP contribution in [0, 0.1) is 12.7 Å². The van der Waals surface area contributed by atoms with Gasteiger partial charge in [-0.05, 0) is 44.2 Å². The van der Waals surface area contributed by atoms with Crippen LogP contribution in [0.15, 0.2) is 42.5 Å². The summed E-state index contributed by atoms with van der Waals surface area (Å²) in [6, 6.07) is 10.6. The van der Waals surface area contributed by atoms with Crippen molar-refractivity contribution in [3.05, 3.63) is 59.7 Å². The lowest BCUT2D eigenvalue weighted by atomic mass is 10.2. The molecule has 1 aromatic heterocycles. The van der Waals surface area contributed by atoms with Crippen LogP contribution in [-0.2, 0) is 11.3 Å².